The molecule has 1 aromatic rings. The predicted molar refractivity (Wildman–Crippen MR) is 79.9 cm³/mol. The molecule has 22 heavy (non-hydrogen) atoms. The van der Waals surface area contributed by atoms with E-state index in [2.05, 4.69) is 5.32 Å². The van der Waals surface area contributed by atoms with Crippen molar-refractivity contribution < 1.29 is 19.9 Å². The third-order valence-corrected chi connectivity index (χ3v) is 4.02. The monoisotopic (exact) mass is 309 g/mol. The van der Waals surface area contributed by atoms with Gasteiger partial charge in [-0.15, -0.1) is 0 Å². The van der Waals surface area contributed by atoms with Crippen LogP contribution in [-0.2, 0) is 0 Å². The molecule has 1 atom stereocenters. The minimum atomic E-state index is -0.939. The molecule has 8 heteroatoms. The van der Waals surface area contributed by atoms with Crippen LogP contribution in [0.3, 0.4) is 0 Å². The topological polar surface area (TPSA) is 116 Å². The first-order valence-electron chi connectivity index (χ1n) is 7.11. The van der Waals surface area contributed by atoms with Gasteiger partial charge in [0.1, 0.15) is 5.69 Å². The Labute approximate surface area is 127 Å². The van der Waals surface area contributed by atoms with Gasteiger partial charge in [-0.2, -0.15) is 0 Å². The molecule has 0 aliphatic carbocycles. The van der Waals surface area contributed by atoms with Crippen LogP contribution in [0.5, 0.6) is 0 Å². The molecule has 0 saturated carbocycles. The summed E-state index contributed by atoms with van der Waals surface area (Å²) in [5.74, 6) is 0.0698. The number of aliphatic hydroxyl groups excluding tert-OH is 1. The predicted octanol–water partition coefficient (Wildman–Crippen LogP) is 1.76. The maximum Gasteiger partial charge on any atom is 0.407 e. The normalized spacial score (nSPS) is 17.0. The molecule has 1 amide bonds. The van der Waals surface area contributed by atoms with E-state index in [9.17, 15) is 20.0 Å². The van der Waals surface area contributed by atoms with Gasteiger partial charge in [-0.25, -0.2) is 4.79 Å². The number of benzene rings is 1. The zero-order valence-electron chi connectivity index (χ0n) is 12.0. The summed E-state index contributed by atoms with van der Waals surface area (Å²) >= 11 is 0. The van der Waals surface area contributed by atoms with Crippen molar-refractivity contribution in [2.24, 2.45) is 5.92 Å². The second-order valence-electron chi connectivity index (χ2n) is 5.31. The average Bonchev–Trinajstić information content (AvgIpc) is 2.53. The van der Waals surface area contributed by atoms with Gasteiger partial charge < -0.3 is 20.4 Å². The van der Waals surface area contributed by atoms with E-state index in [1.165, 1.54) is 11.0 Å². The summed E-state index contributed by atoms with van der Waals surface area (Å²) in [6, 6.07) is 5.95. The van der Waals surface area contributed by atoms with Gasteiger partial charge >= 0.3 is 6.09 Å². The second-order valence-corrected chi connectivity index (χ2v) is 5.31. The lowest BCUT2D eigenvalue weighted by Gasteiger charge is -2.34. The van der Waals surface area contributed by atoms with Crippen LogP contribution in [0.15, 0.2) is 24.3 Å². The molecule has 1 aliphatic rings. The minimum absolute atomic E-state index is 0.0380. The number of nitrogens with zero attached hydrogens (tertiary/aromatic N) is 2. The smallest absolute Gasteiger partial charge is 0.407 e. The number of hydrogen-bond donors (Lipinski definition) is 3. The number of nitro groups is 1. The number of anilines is 1. The van der Waals surface area contributed by atoms with E-state index in [4.69, 9.17) is 5.11 Å². The summed E-state index contributed by atoms with van der Waals surface area (Å²) < 4.78 is 0. The van der Waals surface area contributed by atoms with Gasteiger partial charge in [-0.3, -0.25) is 10.1 Å². The van der Waals surface area contributed by atoms with Gasteiger partial charge in [-0.1, -0.05) is 12.1 Å². The third-order valence-electron chi connectivity index (χ3n) is 4.02. The molecule has 0 aromatic heterocycles. The molecule has 1 saturated heterocycles. The fourth-order valence-corrected chi connectivity index (χ4v) is 2.76. The number of aliphatic hydroxyl groups is 1. The average molecular weight is 309 g/mol. The maximum atomic E-state index is 11.0. The molecule has 120 valence electrons. The largest absolute Gasteiger partial charge is 0.465 e. The number of para-hydroxylation sites is 2. The zero-order chi connectivity index (χ0) is 16.1. The van der Waals surface area contributed by atoms with Gasteiger partial charge in [0.15, 0.2) is 0 Å². The fraction of sp³-hybridized carbons (Fsp3) is 0.500. The van der Waals surface area contributed by atoms with E-state index >= 15 is 0 Å². The van der Waals surface area contributed by atoms with Crippen molar-refractivity contribution >= 4 is 17.5 Å². The van der Waals surface area contributed by atoms with Crippen LogP contribution in [0.25, 0.3) is 0 Å². The van der Waals surface area contributed by atoms with Crippen LogP contribution >= 0.6 is 0 Å². The molecule has 0 spiro atoms. The van der Waals surface area contributed by atoms with E-state index in [-0.39, 0.29) is 24.3 Å². The lowest BCUT2D eigenvalue weighted by molar-refractivity contribution is -0.384. The molecule has 1 aliphatic heterocycles. The molecule has 2 rings (SSSR count). The highest BCUT2D eigenvalue weighted by atomic mass is 16.6. The minimum Gasteiger partial charge on any atom is -0.465 e. The van der Waals surface area contributed by atoms with Gasteiger partial charge in [0.05, 0.1) is 17.6 Å². The van der Waals surface area contributed by atoms with Crippen molar-refractivity contribution in [1.82, 2.24) is 4.90 Å². The van der Waals surface area contributed by atoms with Crippen molar-refractivity contribution in [3.8, 4) is 0 Å². The van der Waals surface area contributed by atoms with Crippen molar-refractivity contribution in [3.05, 3.63) is 34.4 Å². The molecule has 0 radical (unpaired) electrons. The quantitative estimate of drug-likeness (QED) is 0.563. The molecule has 8 nitrogen and oxygen atoms in total. The fourth-order valence-electron chi connectivity index (χ4n) is 2.76. The van der Waals surface area contributed by atoms with E-state index in [0.717, 1.165) is 0 Å². The lowest BCUT2D eigenvalue weighted by Crippen LogP contribution is -2.43. The summed E-state index contributed by atoms with van der Waals surface area (Å²) in [7, 11) is 0. The molecule has 1 unspecified atom stereocenters. The third kappa shape index (κ3) is 3.64. The number of rotatable bonds is 5. The number of hydrogen-bond acceptors (Lipinski definition) is 5. The number of likely N-dealkylation sites (tertiary alicyclic amines) is 1. The highest BCUT2D eigenvalue weighted by molar-refractivity contribution is 5.65. The summed E-state index contributed by atoms with van der Waals surface area (Å²) in [5.41, 5.74) is 0.330. The number of carboxylic acid groups (broad SMARTS) is 1. The van der Waals surface area contributed by atoms with E-state index in [0.29, 0.717) is 31.6 Å². The number of amides is 1. The molecular weight excluding hydrogens is 290 g/mol. The van der Waals surface area contributed by atoms with Crippen molar-refractivity contribution in [1.29, 1.82) is 0 Å². The van der Waals surface area contributed by atoms with Crippen molar-refractivity contribution in [3.63, 3.8) is 0 Å². The van der Waals surface area contributed by atoms with Crippen LogP contribution < -0.4 is 5.32 Å². The zero-order valence-corrected chi connectivity index (χ0v) is 12.0. The Kier molecular flexibility index (Phi) is 5.16. The van der Waals surface area contributed by atoms with Crippen LogP contribution in [0.4, 0.5) is 16.2 Å². The Morgan fingerprint density at radius 3 is 2.59 bits per heavy atom. The first-order chi connectivity index (χ1) is 10.5. The Morgan fingerprint density at radius 2 is 2.05 bits per heavy atom. The Hall–Kier alpha value is -2.35. The van der Waals surface area contributed by atoms with Gasteiger partial charge in [0, 0.05) is 19.2 Å². The molecule has 1 heterocycles. The van der Waals surface area contributed by atoms with E-state index in [1.54, 1.807) is 18.2 Å². The number of piperidine rings is 1. The molecule has 0 bridgehead atoms. The number of carbonyl (C=O) groups is 1. The van der Waals surface area contributed by atoms with Gasteiger partial charge in [0.25, 0.3) is 5.69 Å². The lowest BCUT2D eigenvalue weighted by atomic mass is 9.89. The van der Waals surface area contributed by atoms with Crippen LogP contribution in [0.2, 0.25) is 0 Å². The van der Waals surface area contributed by atoms with Gasteiger partial charge in [0.2, 0.25) is 0 Å². The summed E-state index contributed by atoms with van der Waals surface area (Å²) in [6.07, 6.45) is 0.293. The second kappa shape index (κ2) is 7.08. The Morgan fingerprint density at radius 1 is 1.41 bits per heavy atom. The SMILES string of the molecule is O=C(O)N1CCC(C(CO)Nc2ccccc2[N+](=O)[O-])CC1. The molecule has 1 fully saturated rings. The van der Waals surface area contributed by atoms with Crippen LogP contribution in [0.1, 0.15) is 12.8 Å². The number of nitrogens with one attached hydrogen (secondary N) is 1. The van der Waals surface area contributed by atoms with E-state index in [1.807, 2.05) is 0 Å². The summed E-state index contributed by atoms with van der Waals surface area (Å²) in [6.45, 7) is 0.661. The Bertz CT molecular complexity index is 543. The summed E-state index contributed by atoms with van der Waals surface area (Å²) in [5, 5.41) is 32.6. The molecule has 3 N–H and O–H groups in total. The molecule has 1 aromatic carbocycles. The first kappa shape index (κ1) is 16.0. The van der Waals surface area contributed by atoms with Crippen LogP contribution in [-0.4, -0.2) is 51.9 Å². The van der Waals surface area contributed by atoms with Crippen molar-refractivity contribution in [2.45, 2.75) is 18.9 Å². The van der Waals surface area contributed by atoms with Crippen molar-refractivity contribution in [2.75, 3.05) is 25.0 Å². The van der Waals surface area contributed by atoms with E-state index < -0.39 is 11.0 Å². The van der Waals surface area contributed by atoms with Crippen LogP contribution in [0, 0.1) is 16.0 Å². The highest BCUT2D eigenvalue weighted by Crippen LogP contribution is 2.28. The Balaban J connectivity index is 2.04. The number of nitro benzene ring substituents is 1. The molecular formula is C14H19N3O5. The standard InChI is InChI=1S/C14H19N3O5/c18-9-12(10-5-7-16(8-6-10)14(19)20)15-11-3-1-2-4-13(11)17(21)22/h1-4,10,12,15,18H,5-9H2,(H,19,20). The van der Waals surface area contributed by atoms with Gasteiger partial charge in [-0.05, 0) is 24.8 Å². The maximum absolute atomic E-state index is 11.0. The summed E-state index contributed by atoms with van der Waals surface area (Å²) in [4.78, 5) is 22.8. The first-order valence-corrected chi connectivity index (χ1v) is 7.11. The highest BCUT2D eigenvalue weighted by Gasteiger charge is 2.29.